The molecule has 5 heteroatoms. The molecule has 0 N–H and O–H groups in total. The number of likely N-dealkylation sites (N-methyl/N-ethyl adjacent to an activating group) is 1. The predicted molar refractivity (Wildman–Crippen MR) is 128 cm³/mol. The van der Waals surface area contributed by atoms with E-state index in [2.05, 4.69) is 19.9 Å². The Morgan fingerprint density at radius 2 is 1.82 bits per heavy atom. The maximum atomic E-state index is 14.2. The Morgan fingerprint density at radius 3 is 2.56 bits per heavy atom. The standard InChI is InChI=1S/C29H37F2NO2/c1-27-15-13-22-19(9-12-25-28(22,2)16-14-26(34)32(25)4)21(27)10-11-23(27)24(33)17-18-7-5-6-8-20(18)29(3,30)31/h5-8,14,16,19,21-23,25H,9-13,15,17H2,1-4H3/t19-,21-,22-,23+,25+,27-,28+/m0/s1. The van der Waals surface area contributed by atoms with Crippen molar-refractivity contribution in [3.05, 3.63) is 47.5 Å². The second-order valence-electron chi connectivity index (χ2n) is 12.0. The van der Waals surface area contributed by atoms with Crippen molar-refractivity contribution in [2.45, 2.75) is 77.7 Å². The van der Waals surface area contributed by atoms with Crippen molar-refractivity contribution >= 4 is 11.7 Å². The summed E-state index contributed by atoms with van der Waals surface area (Å²) in [5.41, 5.74) is 0.362. The second-order valence-corrected chi connectivity index (χ2v) is 12.0. The number of rotatable bonds is 4. The van der Waals surface area contributed by atoms with Crippen LogP contribution < -0.4 is 0 Å². The first-order valence-corrected chi connectivity index (χ1v) is 12.9. The number of Topliss-reactive ketones (excluding diaryl/α,β-unsaturated/α-hetero) is 1. The molecule has 3 aliphatic carbocycles. The van der Waals surface area contributed by atoms with Crippen LogP contribution in [0, 0.1) is 34.5 Å². The number of fused-ring (bicyclic) bond motifs is 5. The molecule has 1 aliphatic heterocycles. The highest BCUT2D eigenvalue weighted by Crippen LogP contribution is 2.65. The third-order valence-electron chi connectivity index (χ3n) is 10.4. The fourth-order valence-corrected chi connectivity index (χ4v) is 8.68. The number of carbonyl (C=O) groups is 2. The minimum absolute atomic E-state index is 0.0132. The van der Waals surface area contributed by atoms with E-state index in [4.69, 9.17) is 0 Å². The van der Waals surface area contributed by atoms with Gasteiger partial charge in [-0.1, -0.05) is 44.2 Å². The summed E-state index contributed by atoms with van der Waals surface area (Å²) in [6.45, 7) is 5.53. The van der Waals surface area contributed by atoms with Crippen molar-refractivity contribution in [1.29, 1.82) is 0 Å². The summed E-state index contributed by atoms with van der Waals surface area (Å²) in [5, 5.41) is 0. The van der Waals surface area contributed by atoms with E-state index >= 15 is 0 Å². The molecule has 3 saturated carbocycles. The molecule has 0 saturated heterocycles. The first kappa shape index (κ1) is 23.7. The number of amides is 1. The second kappa shape index (κ2) is 7.99. The summed E-state index contributed by atoms with van der Waals surface area (Å²) in [6, 6.07) is 6.76. The third-order valence-corrected chi connectivity index (χ3v) is 10.4. The normalized spacial score (nSPS) is 39.4. The molecule has 184 valence electrons. The van der Waals surface area contributed by atoms with Gasteiger partial charge in [-0.3, -0.25) is 9.59 Å². The number of alkyl halides is 2. The summed E-state index contributed by atoms with van der Waals surface area (Å²) in [7, 11) is 1.93. The van der Waals surface area contributed by atoms with Crippen LogP contribution in [0.3, 0.4) is 0 Å². The van der Waals surface area contributed by atoms with Crippen molar-refractivity contribution in [3.8, 4) is 0 Å². The number of hydrogen-bond acceptors (Lipinski definition) is 2. The van der Waals surface area contributed by atoms with Gasteiger partial charge >= 0.3 is 0 Å². The fourth-order valence-electron chi connectivity index (χ4n) is 8.68. The maximum Gasteiger partial charge on any atom is 0.270 e. The monoisotopic (exact) mass is 469 g/mol. The van der Waals surface area contributed by atoms with Crippen LogP contribution in [-0.4, -0.2) is 29.7 Å². The van der Waals surface area contributed by atoms with Gasteiger partial charge in [0, 0.05) is 43.3 Å². The number of benzene rings is 1. The van der Waals surface area contributed by atoms with Gasteiger partial charge in [0.1, 0.15) is 5.78 Å². The summed E-state index contributed by atoms with van der Waals surface area (Å²) < 4.78 is 28.3. The molecule has 1 amide bonds. The van der Waals surface area contributed by atoms with Crippen LogP contribution in [0.4, 0.5) is 8.78 Å². The molecule has 0 aromatic heterocycles. The first-order chi connectivity index (χ1) is 16.0. The molecular weight excluding hydrogens is 432 g/mol. The largest absolute Gasteiger partial charge is 0.338 e. The van der Waals surface area contributed by atoms with E-state index in [1.54, 1.807) is 24.3 Å². The van der Waals surface area contributed by atoms with Crippen molar-refractivity contribution in [1.82, 2.24) is 4.90 Å². The lowest BCUT2D eigenvalue weighted by atomic mass is 9.47. The first-order valence-electron chi connectivity index (χ1n) is 12.9. The highest BCUT2D eigenvalue weighted by atomic mass is 19.3. The number of nitrogens with zero attached hydrogens (tertiary/aromatic N) is 1. The maximum absolute atomic E-state index is 14.2. The van der Waals surface area contributed by atoms with Gasteiger partial charge in [0.25, 0.3) is 5.92 Å². The Morgan fingerprint density at radius 1 is 1.09 bits per heavy atom. The zero-order valence-corrected chi connectivity index (χ0v) is 20.8. The van der Waals surface area contributed by atoms with Gasteiger partial charge in [0.15, 0.2) is 0 Å². The van der Waals surface area contributed by atoms with Crippen LogP contribution >= 0.6 is 0 Å². The minimum Gasteiger partial charge on any atom is -0.338 e. The van der Waals surface area contributed by atoms with Crippen LogP contribution in [0.25, 0.3) is 0 Å². The average molecular weight is 470 g/mol. The van der Waals surface area contributed by atoms with E-state index in [0.717, 1.165) is 45.4 Å². The summed E-state index contributed by atoms with van der Waals surface area (Å²) in [6.07, 6.45) is 10.1. The van der Waals surface area contributed by atoms with Crippen molar-refractivity contribution in [3.63, 3.8) is 0 Å². The molecule has 0 bridgehead atoms. The number of ketones is 1. The fraction of sp³-hybridized carbons (Fsp3) is 0.655. The Bertz CT molecular complexity index is 1030. The average Bonchev–Trinajstić information content (AvgIpc) is 3.13. The molecule has 1 heterocycles. The van der Waals surface area contributed by atoms with Gasteiger partial charge in [0.2, 0.25) is 5.91 Å². The van der Waals surface area contributed by atoms with Gasteiger partial charge in [-0.05, 0) is 73.3 Å². The Labute approximate surface area is 202 Å². The number of halogens is 2. The molecular formula is C29H37F2NO2. The molecule has 5 rings (SSSR count). The molecule has 0 unspecified atom stereocenters. The molecule has 1 aromatic carbocycles. The Kier molecular flexibility index (Phi) is 5.57. The van der Waals surface area contributed by atoms with E-state index in [1.807, 2.05) is 11.9 Å². The van der Waals surface area contributed by atoms with E-state index in [9.17, 15) is 18.4 Å². The molecule has 34 heavy (non-hydrogen) atoms. The third kappa shape index (κ3) is 3.48. The zero-order valence-electron chi connectivity index (χ0n) is 20.8. The van der Waals surface area contributed by atoms with Crippen molar-refractivity contribution in [2.75, 3.05) is 7.05 Å². The van der Waals surface area contributed by atoms with Gasteiger partial charge in [-0.2, -0.15) is 0 Å². The highest BCUT2D eigenvalue weighted by Gasteiger charge is 2.61. The Hall–Kier alpha value is -2.04. The molecule has 0 spiro atoms. The molecule has 3 nitrogen and oxygen atoms in total. The van der Waals surface area contributed by atoms with E-state index < -0.39 is 5.92 Å². The quantitative estimate of drug-likeness (QED) is 0.529. The van der Waals surface area contributed by atoms with Crippen LogP contribution in [0.1, 0.15) is 70.4 Å². The SMILES string of the molecule is CN1C(=O)C=C[C@]2(C)[C@H]3CC[C@]4(C)[C@@H](C(=O)Cc5ccccc5C(C)(F)F)CC[C@H]4[C@@H]3CC[C@@H]12. The highest BCUT2D eigenvalue weighted by molar-refractivity contribution is 5.89. The lowest BCUT2D eigenvalue weighted by Crippen LogP contribution is -2.59. The molecule has 0 radical (unpaired) electrons. The van der Waals surface area contributed by atoms with Crippen LogP contribution in [-0.2, 0) is 21.9 Å². The smallest absolute Gasteiger partial charge is 0.270 e. The predicted octanol–water partition coefficient (Wildman–Crippen LogP) is 6.17. The van der Waals surface area contributed by atoms with Crippen LogP contribution in [0.15, 0.2) is 36.4 Å². The van der Waals surface area contributed by atoms with Crippen LogP contribution in [0.2, 0.25) is 0 Å². The van der Waals surface area contributed by atoms with Gasteiger partial charge in [-0.15, -0.1) is 0 Å². The van der Waals surface area contributed by atoms with E-state index in [1.165, 1.54) is 6.07 Å². The van der Waals surface area contributed by atoms with E-state index in [-0.39, 0.29) is 46.5 Å². The lowest BCUT2D eigenvalue weighted by Gasteiger charge is -2.60. The topological polar surface area (TPSA) is 37.4 Å². The Balaban J connectivity index is 1.38. The van der Waals surface area contributed by atoms with Crippen molar-refractivity contribution in [2.24, 2.45) is 34.5 Å². The zero-order chi connectivity index (χ0) is 24.5. The lowest BCUT2D eigenvalue weighted by molar-refractivity contribution is -0.141. The summed E-state index contributed by atoms with van der Waals surface area (Å²) >= 11 is 0. The van der Waals surface area contributed by atoms with Gasteiger partial charge in [0.05, 0.1) is 0 Å². The van der Waals surface area contributed by atoms with Gasteiger partial charge < -0.3 is 4.90 Å². The molecule has 4 aliphatic rings. The number of carbonyl (C=O) groups excluding carboxylic acids is 2. The molecule has 7 atom stereocenters. The van der Waals surface area contributed by atoms with E-state index in [0.29, 0.717) is 23.3 Å². The summed E-state index contributed by atoms with van der Waals surface area (Å²) in [4.78, 5) is 27.8. The molecule has 3 fully saturated rings. The molecule has 1 aromatic rings. The van der Waals surface area contributed by atoms with Gasteiger partial charge in [-0.25, -0.2) is 8.78 Å². The van der Waals surface area contributed by atoms with Crippen LogP contribution in [0.5, 0.6) is 0 Å². The summed E-state index contributed by atoms with van der Waals surface area (Å²) in [5.74, 6) is -1.23. The minimum atomic E-state index is -2.95. The van der Waals surface area contributed by atoms with Crippen molar-refractivity contribution < 1.29 is 18.4 Å². The number of hydrogen-bond donors (Lipinski definition) is 0.